The van der Waals surface area contributed by atoms with E-state index in [0.29, 0.717) is 0 Å². The lowest BCUT2D eigenvalue weighted by atomic mass is 10.2. The Labute approximate surface area is 72.3 Å². The van der Waals surface area contributed by atoms with Gasteiger partial charge >= 0.3 is 0 Å². The van der Waals surface area contributed by atoms with Crippen LogP contribution in [0.1, 0.15) is 5.56 Å². The van der Waals surface area contributed by atoms with E-state index in [1.807, 2.05) is 17.8 Å². The predicted molar refractivity (Wildman–Crippen MR) is 53.9 cm³/mol. The van der Waals surface area contributed by atoms with Gasteiger partial charge in [-0.05, 0) is 11.8 Å². The van der Waals surface area contributed by atoms with Crippen LogP contribution >= 0.6 is 11.8 Å². The van der Waals surface area contributed by atoms with Gasteiger partial charge in [0, 0.05) is 5.75 Å². The predicted octanol–water partition coefficient (Wildman–Crippen LogP) is 3.06. The van der Waals surface area contributed by atoms with Gasteiger partial charge in [0.1, 0.15) is 0 Å². The van der Waals surface area contributed by atoms with Crippen LogP contribution in [-0.4, -0.2) is 12.0 Å². The molecule has 0 N–H and O–H groups in total. The maximum absolute atomic E-state index is 2.18. The molecule has 0 bridgehead atoms. The molecule has 0 fully saturated rings. The fourth-order valence-corrected chi connectivity index (χ4v) is 1.13. The Bertz CT molecular complexity index is 214. The van der Waals surface area contributed by atoms with E-state index in [-0.39, 0.29) is 0 Å². The monoisotopic (exact) mass is 164 g/mol. The fraction of sp³-hybridized carbons (Fsp3) is 0.200. The summed E-state index contributed by atoms with van der Waals surface area (Å²) in [7, 11) is 0. The highest BCUT2D eigenvalue weighted by atomic mass is 32.2. The Kier molecular flexibility index (Phi) is 3.84. The zero-order chi connectivity index (χ0) is 7.94. The second-order valence-electron chi connectivity index (χ2n) is 2.27. The minimum absolute atomic E-state index is 1.09. The summed E-state index contributed by atoms with van der Waals surface area (Å²) >= 11 is 1.83. The van der Waals surface area contributed by atoms with Gasteiger partial charge < -0.3 is 0 Å². The molecule has 0 radical (unpaired) electrons. The average Bonchev–Trinajstić information content (AvgIpc) is 2.07. The first-order chi connectivity index (χ1) is 5.43. The third kappa shape index (κ3) is 3.28. The van der Waals surface area contributed by atoms with Gasteiger partial charge in [-0.1, -0.05) is 42.5 Å². The van der Waals surface area contributed by atoms with Crippen molar-refractivity contribution >= 4 is 17.8 Å². The molecule has 11 heavy (non-hydrogen) atoms. The topological polar surface area (TPSA) is 0 Å². The highest BCUT2D eigenvalue weighted by Crippen LogP contribution is 2.02. The summed E-state index contributed by atoms with van der Waals surface area (Å²) in [5, 5.41) is 0. The summed E-state index contributed by atoms with van der Waals surface area (Å²) in [5.74, 6) is 1.09. The first kappa shape index (κ1) is 8.41. The number of benzene rings is 1. The summed E-state index contributed by atoms with van der Waals surface area (Å²) in [4.78, 5) is 0. The van der Waals surface area contributed by atoms with Crippen molar-refractivity contribution in [3.05, 3.63) is 42.0 Å². The zero-order valence-corrected chi connectivity index (χ0v) is 7.47. The number of hydrogen-bond donors (Lipinski definition) is 0. The van der Waals surface area contributed by atoms with Crippen molar-refractivity contribution in [3.63, 3.8) is 0 Å². The normalized spacial score (nSPS) is 10.6. The van der Waals surface area contributed by atoms with Gasteiger partial charge in [0.2, 0.25) is 0 Å². The lowest BCUT2D eigenvalue weighted by Gasteiger charge is -1.89. The Morgan fingerprint density at radius 3 is 2.64 bits per heavy atom. The standard InChI is InChI=1S/C10H12S/c1-11-9-5-8-10-6-3-2-4-7-10/h2-8H,9H2,1H3/b8-5+. The van der Waals surface area contributed by atoms with Crippen LogP contribution in [0.5, 0.6) is 0 Å². The molecule has 58 valence electrons. The second-order valence-corrected chi connectivity index (χ2v) is 3.18. The van der Waals surface area contributed by atoms with Crippen LogP contribution in [0.15, 0.2) is 36.4 Å². The molecule has 0 unspecified atom stereocenters. The molecule has 0 amide bonds. The molecule has 0 aliphatic carbocycles. The van der Waals surface area contributed by atoms with E-state index in [0.717, 1.165) is 5.75 Å². The number of thioether (sulfide) groups is 1. The summed E-state index contributed by atoms with van der Waals surface area (Å²) < 4.78 is 0. The average molecular weight is 164 g/mol. The van der Waals surface area contributed by atoms with E-state index in [1.165, 1.54) is 5.56 Å². The molecular formula is C10H12S. The van der Waals surface area contributed by atoms with Crippen molar-refractivity contribution in [2.24, 2.45) is 0 Å². The SMILES string of the molecule is CSC/C=C/c1ccccc1. The van der Waals surface area contributed by atoms with E-state index in [9.17, 15) is 0 Å². The van der Waals surface area contributed by atoms with Gasteiger partial charge in [0.25, 0.3) is 0 Å². The second kappa shape index (κ2) is 5.03. The molecule has 0 aromatic heterocycles. The van der Waals surface area contributed by atoms with Gasteiger partial charge in [-0.3, -0.25) is 0 Å². The van der Waals surface area contributed by atoms with Crippen molar-refractivity contribution in [1.82, 2.24) is 0 Å². The van der Waals surface area contributed by atoms with Crippen molar-refractivity contribution in [2.45, 2.75) is 0 Å². The molecule has 0 nitrogen and oxygen atoms in total. The molecule has 0 spiro atoms. The van der Waals surface area contributed by atoms with Crippen LogP contribution in [0, 0.1) is 0 Å². The molecule has 1 heteroatoms. The Morgan fingerprint density at radius 2 is 2.00 bits per heavy atom. The van der Waals surface area contributed by atoms with E-state index >= 15 is 0 Å². The Balaban J connectivity index is 2.50. The summed E-state index contributed by atoms with van der Waals surface area (Å²) in [6.07, 6.45) is 6.44. The third-order valence-electron chi connectivity index (χ3n) is 1.37. The molecule has 1 aromatic carbocycles. The van der Waals surface area contributed by atoms with E-state index in [2.05, 4.69) is 42.7 Å². The first-order valence-corrected chi connectivity index (χ1v) is 5.03. The van der Waals surface area contributed by atoms with Crippen LogP contribution in [0.4, 0.5) is 0 Å². The molecular weight excluding hydrogens is 152 g/mol. The molecule has 0 atom stereocenters. The molecule has 0 aliphatic rings. The van der Waals surface area contributed by atoms with Gasteiger partial charge in [-0.15, -0.1) is 0 Å². The lowest BCUT2D eigenvalue weighted by Crippen LogP contribution is -1.70. The molecule has 0 heterocycles. The van der Waals surface area contributed by atoms with E-state index < -0.39 is 0 Å². The molecule has 0 saturated heterocycles. The first-order valence-electron chi connectivity index (χ1n) is 3.64. The minimum atomic E-state index is 1.09. The van der Waals surface area contributed by atoms with Gasteiger partial charge in [0.05, 0.1) is 0 Å². The Morgan fingerprint density at radius 1 is 1.27 bits per heavy atom. The highest BCUT2D eigenvalue weighted by molar-refractivity contribution is 7.98. The van der Waals surface area contributed by atoms with E-state index in [1.54, 1.807) is 0 Å². The van der Waals surface area contributed by atoms with Crippen molar-refractivity contribution in [3.8, 4) is 0 Å². The van der Waals surface area contributed by atoms with Gasteiger partial charge in [0.15, 0.2) is 0 Å². The van der Waals surface area contributed by atoms with Gasteiger partial charge in [-0.25, -0.2) is 0 Å². The third-order valence-corrected chi connectivity index (χ3v) is 1.90. The molecule has 0 aliphatic heterocycles. The van der Waals surface area contributed by atoms with Crippen LogP contribution in [0.25, 0.3) is 6.08 Å². The lowest BCUT2D eigenvalue weighted by molar-refractivity contribution is 1.65. The smallest absolute Gasteiger partial charge is 0.0113 e. The summed E-state index contributed by atoms with van der Waals surface area (Å²) in [6, 6.07) is 10.4. The maximum atomic E-state index is 2.18. The fourth-order valence-electron chi connectivity index (χ4n) is 0.845. The van der Waals surface area contributed by atoms with Gasteiger partial charge in [-0.2, -0.15) is 11.8 Å². The molecule has 1 aromatic rings. The quantitative estimate of drug-likeness (QED) is 0.661. The zero-order valence-electron chi connectivity index (χ0n) is 6.66. The van der Waals surface area contributed by atoms with Crippen molar-refractivity contribution in [2.75, 3.05) is 12.0 Å². The van der Waals surface area contributed by atoms with Crippen molar-refractivity contribution in [1.29, 1.82) is 0 Å². The molecule has 0 saturated carbocycles. The largest absolute Gasteiger partial charge is 0.161 e. The minimum Gasteiger partial charge on any atom is -0.161 e. The van der Waals surface area contributed by atoms with E-state index in [4.69, 9.17) is 0 Å². The van der Waals surface area contributed by atoms with Crippen LogP contribution < -0.4 is 0 Å². The summed E-state index contributed by atoms with van der Waals surface area (Å²) in [6.45, 7) is 0. The van der Waals surface area contributed by atoms with Crippen LogP contribution in [-0.2, 0) is 0 Å². The highest BCUT2D eigenvalue weighted by Gasteiger charge is 1.80. The van der Waals surface area contributed by atoms with Crippen molar-refractivity contribution < 1.29 is 0 Å². The Hall–Kier alpha value is -0.690. The maximum Gasteiger partial charge on any atom is 0.0113 e. The number of rotatable bonds is 3. The van der Waals surface area contributed by atoms with Crippen LogP contribution in [0.2, 0.25) is 0 Å². The molecule has 1 rings (SSSR count). The van der Waals surface area contributed by atoms with Crippen LogP contribution in [0.3, 0.4) is 0 Å². The number of hydrogen-bond acceptors (Lipinski definition) is 1. The summed E-state index contributed by atoms with van der Waals surface area (Å²) in [5.41, 5.74) is 1.28.